The number of aryl methyl sites for hydroxylation is 2. The average molecular weight is 558 g/mol. The summed E-state index contributed by atoms with van der Waals surface area (Å²) in [7, 11) is 0. The molecule has 0 aliphatic carbocycles. The third-order valence-corrected chi connectivity index (χ3v) is 6.53. The molecule has 0 aliphatic heterocycles. The first-order valence-electron chi connectivity index (χ1n) is 10.3. The maximum Gasteiger partial charge on any atom is 0.280 e. The number of rotatable bonds is 3. The Hall–Kier alpha value is -2.84. The van der Waals surface area contributed by atoms with Crippen LogP contribution in [0.2, 0.25) is 0 Å². The standard InChI is InChI=1S/C15H13BrN2O.C9H9BrN2O/c1-2-11-10-17-9-8-13(16)14(17)15(19)18(11)12-6-4-3-5-7-12;1-2-6-5-12-4-3-7(10)8(12)9(13)11-6/h3-10H,2H2,1H3;3-5H,2H2,1H3,(H,11,13). The van der Waals surface area contributed by atoms with Crippen LogP contribution in [0.5, 0.6) is 0 Å². The molecule has 0 radical (unpaired) electrons. The quantitative estimate of drug-likeness (QED) is 0.324. The van der Waals surface area contributed by atoms with Gasteiger partial charge in [0.2, 0.25) is 0 Å². The predicted octanol–water partition coefficient (Wildman–Crippen LogP) is 5.37. The molecular formula is C24H22Br2N4O2. The number of aromatic nitrogens is 4. The number of benzene rings is 1. The zero-order chi connectivity index (χ0) is 22.8. The van der Waals surface area contributed by atoms with Crippen LogP contribution >= 0.6 is 31.9 Å². The van der Waals surface area contributed by atoms with Gasteiger partial charge in [-0.05, 0) is 69.0 Å². The predicted molar refractivity (Wildman–Crippen MR) is 135 cm³/mol. The Morgan fingerprint density at radius 3 is 2.06 bits per heavy atom. The molecule has 0 saturated heterocycles. The Morgan fingerprint density at radius 2 is 1.44 bits per heavy atom. The summed E-state index contributed by atoms with van der Waals surface area (Å²) in [5.74, 6) is 0. The number of nitrogens with zero attached hydrogens (tertiary/aromatic N) is 3. The number of para-hydroxylation sites is 1. The average Bonchev–Trinajstić information content (AvgIpc) is 3.37. The molecule has 5 aromatic rings. The van der Waals surface area contributed by atoms with Crippen molar-refractivity contribution in [2.75, 3.05) is 0 Å². The lowest BCUT2D eigenvalue weighted by Gasteiger charge is -2.12. The molecule has 4 aromatic heterocycles. The fourth-order valence-electron chi connectivity index (χ4n) is 3.65. The fraction of sp³-hybridized carbons (Fsp3) is 0.167. The van der Waals surface area contributed by atoms with Crippen molar-refractivity contribution in [2.45, 2.75) is 26.7 Å². The van der Waals surface area contributed by atoms with Crippen LogP contribution in [0.4, 0.5) is 0 Å². The van der Waals surface area contributed by atoms with Crippen molar-refractivity contribution in [3.63, 3.8) is 0 Å². The minimum Gasteiger partial charge on any atom is -0.323 e. The van der Waals surface area contributed by atoms with Gasteiger partial charge in [-0.1, -0.05) is 32.0 Å². The van der Waals surface area contributed by atoms with Crippen LogP contribution in [0, 0.1) is 0 Å². The number of aromatic amines is 1. The lowest BCUT2D eigenvalue weighted by atomic mass is 10.2. The zero-order valence-corrected chi connectivity index (χ0v) is 20.9. The van der Waals surface area contributed by atoms with Gasteiger partial charge in [-0.15, -0.1) is 0 Å². The number of fused-ring (bicyclic) bond motifs is 2. The first kappa shape index (κ1) is 22.4. The maximum atomic E-state index is 12.7. The highest BCUT2D eigenvalue weighted by Gasteiger charge is 2.12. The van der Waals surface area contributed by atoms with Gasteiger partial charge >= 0.3 is 0 Å². The molecule has 0 atom stereocenters. The molecule has 32 heavy (non-hydrogen) atoms. The smallest absolute Gasteiger partial charge is 0.280 e. The highest BCUT2D eigenvalue weighted by molar-refractivity contribution is 9.11. The van der Waals surface area contributed by atoms with Crippen LogP contribution in [0.1, 0.15) is 25.2 Å². The largest absolute Gasteiger partial charge is 0.323 e. The summed E-state index contributed by atoms with van der Waals surface area (Å²) < 4.78 is 7.15. The Morgan fingerprint density at radius 1 is 0.812 bits per heavy atom. The van der Waals surface area contributed by atoms with E-state index in [1.54, 1.807) is 4.57 Å². The van der Waals surface area contributed by atoms with E-state index in [1.807, 2.05) is 83.0 Å². The van der Waals surface area contributed by atoms with Crippen LogP contribution in [0.3, 0.4) is 0 Å². The Bertz CT molecular complexity index is 1510. The van der Waals surface area contributed by atoms with Crippen LogP contribution in [-0.2, 0) is 12.8 Å². The van der Waals surface area contributed by atoms with E-state index in [0.29, 0.717) is 11.0 Å². The fourth-order valence-corrected chi connectivity index (χ4v) is 4.64. The first-order chi connectivity index (χ1) is 15.4. The number of nitrogens with one attached hydrogen (secondary N) is 1. The third kappa shape index (κ3) is 4.12. The monoisotopic (exact) mass is 556 g/mol. The number of hydrogen-bond acceptors (Lipinski definition) is 2. The molecule has 0 aliphatic rings. The van der Waals surface area contributed by atoms with Gasteiger partial charge < -0.3 is 13.8 Å². The molecular weight excluding hydrogens is 536 g/mol. The highest BCUT2D eigenvalue weighted by Crippen LogP contribution is 2.19. The van der Waals surface area contributed by atoms with Gasteiger partial charge in [0.1, 0.15) is 11.0 Å². The molecule has 1 aromatic carbocycles. The van der Waals surface area contributed by atoms with Crippen molar-refractivity contribution in [1.82, 2.24) is 18.4 Å². The summed E-state index contributed by atoms with van der Waals surface area (Å²) in [6.07, 6.45) is 9.34. The van der Waals surface area contributed by atoms with Crippen LogP contribution in [0.25, 0.3) is 16.7 Å². The summed E-state index contributed by atoms with van der Waals surface area (Å²) >= 11 is 6.76. The Labute approximate surface area is 201 Å². The molecule has 0 amide bonds. The summed E-state index contributed by atoms with van der Waals surface area (Å²) in [5, 5.41) is 0. The van der Waals surface area contributed by atoms with E-state index in [4.69, 9.17) is 0 Å². The van der Waals surface area contributed by atoms with Crippen molar-refractivity contribution in [3.05, 3.63) is 108 Å². The molecule has 5 rings (SSSR count). The topological polar surface area (TPSA) is 63.7 Å². The van der Waals surface area contributed by atoms with E-state index in [1.165, 1.54) is 0 Å². The third-order valence-electron chi connectivity index (χ3n) is 5.25. The second-order valence-electron chi connectivity index (χ2n) is 7.25. The van der Waals surface area contributed by atoms with Crippen LogP contribution in [0.15, 0.2) is 85.8 Å². The van der Waals surface area contributed by atoms with Crippen LogP contribution < -0.4 is 11.1 Å². The van der Waals surface area contributed by atoms with Gasteiger partial charge in [0.25, 0.3) is 11.1 Å². The van der Waals surface area contributed by atoms with E-state index < -0.39 is 0 Å². The molecule has 1 N–H and O–H groups in total. The van der Waals surface area contributed by atoms with E-state index in [9.17, 15) is 9.59 Å². The van der Waals surface area contributed by atoms with Gasteiger partial charge in [0, 0.05) is 50.8 Å². The Kier molecular flexibility index (Phi) is 6.53. The normalized spacial score (nSPS) is 11.0. The van der Waals surface area contributed by atoms with Crippen molar-refractivity contribution >= 4 is 42.9 Å². The molecule has 0 saturated carbocycles. The maximum absolute atomic E-state index is 12.7. The van der Waals surface area contributed by atoms with Gasteiger partial charge in [0.05, 0.1) is 0 Å². The summed E-state index contributed by atoms with van der Waals surface area (Å²) in [6, 6.07) is 13.5. The minimum absolute atomic E-state index is 0.00225. The minimum atomic E-state index is -0.0452. The van der Waals surface area contributed by atoms with E-state index >= 15 is 0 Å². The van der Waals surface area contributed by atoms with Gasteiger partial charge in [-0.25, -0.2) is 0 Å². The van der Waals surface area contributed by atoms with Crippen molar-refractivity contribution in [1.29, 1.82) is 0 Å². The zero-order valence-electron chi connectivity index (χ0n) is 17.7. The number of H-pyrrole nitrogens is 1. The second kappa shape index (κ2) is 9.34. The summed E-state index contributed by atoms with van der Waals surface area (Å²) in [6.45, 7) is 4.06. The van der Waals surface area contributed by atoms with Crippen molar-refractivity contribution in [2.24, 2.45) is 0 Å². The second-order valence-corrected chi connectivity index (χ2v) is 8.96. The van der Waals surface area contributed by atoms with E-state index in [-0.39, 0.29) is 11.1 Å². The lowest BCUT2D eigenvalue weighted by molar-refractivity contribution is 0.852. The van der Waals surface area contributed by atoms with E-state index in [2.05, 4.69) is 43.8 Å². The van der Waals surface area contributed by atoms with Gasteiger partial charge in [-0.2, -0.15) is 0 Å². The van der Waals surface area contributed by atoms with Crippen molar-refractivity contribution in [3.8, 4) is 5.69 Å². The molecule has 0 spiro atoms. The SMILES string of the molecule is CCc1cn2ccc(Br)c2c(=O)[nH]1.CCc1cn2ccc(Br)c2c(=O)n1-c1ccccc1. The lowest BCUT2D eigenvalue weighted by Crippen LogP contribution is -2.23. The molecule has 164 valence electrons. The highest BCUT2D eigenvalue weighted by atomic mass is 79.9. The number of hydrogen-bond donors (Lipinski definition) is 1. The first-order valence-corrected chi connectivity index (χ1v) is 11.9. The molecule has 0 fully saturated rings. The number of halogens is 2. The molecule has 8 heteroatoms. The van der Waals surface area contributed by atoms with Crippen LogP contribution in [-0.4, -0.2) is 18.4 Å². The van der Waals surface area contributed by atoms with E-state index in [0.717, 1.165) is 38.9 Å². The molecule has 0 bridgehead atoms. The summed E-state index contributed by atoms with van der Waals surface area (Å²) in [4.78, 5) is 27.1. The Balaban J connectivity index is 0.000000165. The molecule has 0 unspecified atom stereocenters. The van der Waals surface area contributed by atoms with Gasteiger partial charge in [0.15, 0.2) is 0 Å². The summed E-state index contributed by atoms with van der Waals surface area (Å²) in [5.41, 5.74) is 4.13. The van der Waals surface area contributed by atoms with Gasteiger partial charge in [-0.3, -0.25) is 14.2 Å². The molecule has 6 nitrogen and oxygen atoms in total. The molecule has 4 heterocycles. The van der Waals surface area contributed by atoms with Crippen molar-refractivity contribution < 1.29 is 0 Å².